The summed E-state index contributed by atoms with van der Waals surface area (Å²) in [4.78, 5) is 11.1. The number of esters is 1. The molecule has 0 spiro atoms. The fraction of sp³-hybridized carbons (Fsp3) is 0.200. The Morgan fingerprint density at radius 3 is 3.07 bits per heavy atom. The molecule has 14 heavy (non-hydrogen) atoms. The molecule has 4 heteroatoms. The third kappa shape index (κ3) is 2.58. The molecule has 0 bridgehead atoms. The zero-order valence-electron chi connectivity index (χ0n) is 7.80. The first-order chi connectivity index (χ1) is 6.77. The Labute approximate surface area is 81.8 Å². The van der Waals surface area contributed by atoms with Crippen molar-refractivity contribution in [2.45, 2.75) is 6.42 Å². The minimum atomic E-state index is -0.368. The summed E-state index contributed by atoms with van der Waals surface area (Å²) >= 11 is 0. The van der Waals surface area contributed by atoms with E-state index in [-0.39, 0.29) is 5.97 Å². The minimum Gasteiger partial charge on any atom is -0.465 e. The lowest BCUT2D eigenvalue weighted by Crippen LogP contribution is -2.01. The van der Waals surface area contributed by atoms with Crippen LogP contribution in [-0.4, -0.2) is 24.5 Å². The number of methoxy groups -OCH3 is 1. The molecular formula is C10H11NO3. The lowest BCUT2D eigenvalue weighted by molar-refractivity contribution is 0.0600. The topological polar surface area (TPSA) is 58.9 Å². The molecule has 0 amide bonds. The largest absolute Gasteiger partial charge is 0.465 e. The van der Waals surface area contributed by atoms with E-state index in [4.69, 9.17) is 5.21 Å². The van der Waals surface area contributed by atoms with E-state index in [1.54, 1.807) is 18.2 Å². The zero-order valence-corrected chi connectivity index (χ0v) is 7.80. The van der Waals surface area contributed by atoms with Crippen LogP contribution in [0.5, 0.6) is 0 Å². The van der Waals surface area contributed by atoms with Gasteiger partial charge in [-0.3, -0.25) is 0 Å². The maximum atomic E-state index is 11.1. The molecule has 4 nitrogen and oxygen atoms in total. The van der Waals surface area contributed by atoms with Gasteiger partial charge in [-0.05, 0) is 17.7 Å². The van der Waals surface area contributed by atoms with E-state index in [9.17, 15) is 4.79 Å². The Balaban J connectivity index is 2.83. The number of rotatable bonds is 3. The Kier molecular flexibility index (Phi) is 3.67. The third-order valence-electron chi connectivity index (χ3n) is 1.76. The first-order valence-corrected chi connectivity index (χ1v) is 4.11. The molecule has 0 saturated heterocycles. The van der Waals surface area contributed by atoms with Crippen molar-refractivity contribution in [3.05, 3.63) is 35.4 Å². The Morgan fingerprint density at radius 2 is 2.43 bits per heavy atom. The molecule has 1 rings (SSSR count). The van der Waals surface area contributed by atoms with Crippen molar-refractivity contribution in [2.24, 2.45) is 5.16 Å². The Hall–Kier alpha value is -1.84. The van der Waals surface area contributed by atoms with E-state index >= 15 is 0 Å². The highest BCUT2D eigenvalue weighted by atomic mass is 16.5. The van der Waals surface area contributed by atoms with E-state index in [0.717, 1.165) is 5.56 Å². The van der Waals surface area contributed by atoms with Crippen LogP contribution in [0.1, 0.15) is 15.9 Å². The van der Waals surface area contributed by atoms with Crippen LogP contribution in [0, 0.1) is 0 Å². The summed E-state index contributed by atoms with van der Waals surface area (Å²) in [6.45, 7) is 0. The van der Waals surface area contributed by atoms with Crippen molar-refractivity contribution in [3.8, 4) is 0 Å². The fourth-order valence-electron chi connectivity index (χ4n) is 1.09. The smallest absolute Gasteiger partial charge is 0.337 e. The number of oxime groups is 1. The second-order valence-corrected chi connectivity index (χ2v) is 2.69. The molecule has 74 valence electrons. The Bertz CT molecular complexity index is 347. The molecular weight excluding hydrogens is 182 g/mol. The van der Waals surface area contributed by atoms with Gasteiger partial charge >= 0.3 is 5.97 Å². The number of hydrogen-bond donors (Lipinski definition) is 1. The van der Waals surface area contributed by atoms with Gasteiger partial charge in [-0.25, -0.2) is 4.79 Å². The molecule has 1 N–H and O–H groups in total. The number of carbonyl (C=O) groups excluding carboxylic acids is 1. The van der Waals surface area contributed by atoms with Gasteiger partial charge in [0.05, 0.1) is 12.7 Å². The number of benzene rings is 1. The van der Waals surface area contributed by atoms with Crippen molar-refractivity contribution >= 4 is 12.2 Å². The standard InChI is InChI=1S/C10H11NO3/c1-14-10(12)9-4-2-3-8(7-9)5-6-11-13/h2-4,6-7,13H,5H2,1H3. The van der Waals surface area contributed by atoms with Crippen molar-refractivity contribution < 1.29 is 14.7 Å². The minimum absolute atomic E-state index is 0.368. The maximum absolute atomic E-state index is 11.1. The molecule has 0 fully saturated rings. The third-order valence-corrected chi connectivity index (χ3v) is 1.76. The van der Waals surface area contributed by atoms with Crippen molar-refractivity contribution in [2.75, 3.05) is 7.11 Å². The van der Waals surface area contributed by atoms with Crippen LogP contribution >= 0.6 is 0 Å². The summed E-state index contributed by atoms with van der Waals surface area (Å²) in [6, 6.07) is 6.97. The molecule has 0 aliphatic heterocycles. The number of carbonyl (C=O) groups is 1. The highest BCUT2D eigenvalue weighted by Crippen LogP contribution is 2.06. The molecule has 0 aliphatic rings. The molecule has 0 heterocycles. The molecule has 1 aromatic rings. The fourth-order valence-corrected chi connectivity index (χ4v) is 1.09. The van der Waals surface area contributed by atoms with Gasteiger partial charge in [0.25, 0.3) is 0 Å². The quantitative estimate of drug-likeness (QED) is 0.342. The summed E-state index contributed by atoms with van der Waals surface area (Å²) < 4.78 is 4.57. The monoisotopic (exact) mass is 193 g/mol. The highest BCUT2D eigenvalue weighted by molar-refractivity contribution is 5.89. The van der Waals surface area contributed by atoms with Crippen LogP contribution in [-0.2, 0) is 11.2 Å². The summed E-state index contributed by atoms with van der Waals surface area (Å²) in [7, 11) is 1.34. The van der Waals surface area contributed by atoms with Gasteiger partial charge in [-0.2, -0.15) is 0 Å². The molecule has 0 radical (unpaired) electrons. The summed E-state index contributed by atoms with van der Waals surface area (Å²) in [5, 5.41) is 11.1. The SMILES string of the molecule is COC(=O)c1cccc(CC=NO)c1. The van der Waals surface area contributed by atoms with E-state index in [0.29, 0.717) is 12.0 Å². The maximum Gasteiger partial charge on any atom is 0.337 e. The second-order valence-electron chi connectivity index (χ2n) is 2.69. The van der Waals surface area contributed by atoms with Gasteiger partial charge in [-0.15, -0.1) is 5.16 Å². The van der Waals surface area contributed by atoms with Crippen LogP contribution in [0.4, 0.5) is 0 Å². The lowest BCUT2D eigenvalue weighted by Gasteiger charge is -2.00. The van der Waals surface area contributed by atoms with Crippen LogP contribution < -0.4 is 0 Å². The highest BCUT2D eigenvalue weighted by Gasteiger charge is 2.04. The van der Waals surface area contributed by atoms with E-state index < -0.39 is 0 Å². The predicted octanol–water partition coefficient (Wildman–Crippen LogP) is 1.48. The van der Waals surface area contributed by atoms with E-state index in [1.165, 1.54) is 13.3 Å². The number of hydrogen-bond acceptors (Lipinski definition) is 4. The van der Waals surface area contributed by atoms with Crippen molar-refractivity contribution in [1.82, 2.24) is 0 Å². The number of nitrogens with zero attached hydrogens (tertiary/aromatic N) is 1. The van der Waals surface area contributed by atoms with Crippen LogP contribution in [0.25, 0.3) is 0 Å². The normalized spacial score (nSPS) is 10.4. The molecule has 0 unspecified atom stereocenters. The number of ether oxygens (including phenoxy) is 1. The first-order valence-electron chi connectivity index (χ1n) is 4.11. The van der Waals surface area contributed by atoms with Gasteiger partial charge in [0.2, 0.25) is 0 Å². The van der Waals surface area contributed by atoms with Gasteiger partial charge in [0, 0.05) is 12.6 Å². The average Bonchev–Trinajstić information content (AvgIpc) is 2.25. The summed E-state index contributed by atoms with van der Waals surface area (Å²) in [5.74, 6) is -0.368. The zero-order chi connectivity index (χ0) is 10.4. The predicted molar refractivity (Wildman–Crippen MR) is 51.8 cm³/mol. The van der Waals surface area contributed by atoms with E-state index in [2.05, 4.69) is 9.89 Å². The van der Waals surface area contributed by atoms with Crippen molar-refractivity contribution in [1.29, 1.82) is 0 Å². The van der Waals surface area contributed by atoms with Crippen LogP contribution in [0.15, 0.2) is 29.4 Å². The van der Waals surface area contributed by atoms with E-state index in [1.807, 2.05) is 6.07 Å². The summed E-state index contributed by atoms with van der Waals surface area (Å²) in [6.07, 6.45) is 1.84. The van der Waals surface area contributed by atoms with Gasteiger partial charge < -0.3 is 9.94 Å². The van der Waals surface area contributed by atoms with Crippen LogP contribution in [0.3, 0.4) is 0 Å². The van der Waals surface area contributed by atoms with Gasteiger partial charge in [-0.1, -0.05) is 12.1 Å². The van der Waals surface area contributed by atoms with Gasteiger partial charge in [0.15, 0.2) is 0 Å². The average molecular weight is 193 g/mol. The second kappa shape index (κ2) is 5.01. The van der Waals surface area contributed by atoms with Gasteiger partial charge in [0.1, 0.15) is 0 Å². The molecule has 1 aromatic carbocycles. The lowest BCUT2D eigenvalue weighted by atomic mass is 10.1. The summed E-state index contributed by atoms with van der Waals surface area (Å²) in [5.41, 5.74) is 1.39. The molecule has 0 atom stereocenters. The molecule has 0 saturated carbocycles. The first kappa shape index (κ1) is 10.2. The Morgan fingerprint density at radius 1 is 1.64 bits per heavy atom. The molecule has 0 aromatic heterocycles. The van der Waals surface area contributed by atoms with Crippen LogP contribution in [0.2, 0.25) is 0 Å². The molecule has 0 aliphatic carbocycles. The van der Waals surface area contributed by atoms with Crippen molar-refractivity contribution in [3.63, 3.8) is 0 Å².